The van der Waals surface area contributed by atoms with Gasteiger partial charge in [-0.15, -0.1) is 0 Å². The number of halogens is 1. The first-order valence-corrected chi connectivity index (χ1v) is 5.22. The lowest BCUT2D eigenvalue weighted by Crippen LogP contribution is -2.22. The van der Waals surface area contributed by atoms with Gasteiger partial charge in [-0.1, -0.05) is 29.8 Å². The van der Waals surface area contributed by atoms with E-state index in [4.69, 9.17) is 26.8 Å². The van der Waals surface area contributed by atoms with Crippen molar-refractivity contribution in [3.05, 3.63) is 34.9 Å². The van der Waals surface area contributed by atoms with Crippen LogP contribution in [-0.4, -0.2) is 18.7 Å². The van der Waals surface area contributed by atoms with Crippen molar-refractivity contribution < 1.29 is 19.1 Å². The molecule has 0 heterocycles. The SMILES string of the molecule is CC(=O)OC[C@H](OC(N)=O)c1ccccc1Cl. The van der Waals surface area contributed by atoms with E-state index in [9.17, 15) is 9.59 Å². The molecule has 0 saturated heterocycles. The summed E-state index contributed by atoms with van der Waals surface area (Å²) in [6.45, 7) is 1.13. The highest BCUT2D eigenvalue weighted by Gasteiger charge is 2.19. The van der Waals surface area contributed by atoms with Gasteiger partial charge in [0.05, 0.1) is 0 Å². The fourth-order valence-electron chi connectivity index (χ4n) is 1.26. The average Bonchev–Trinajstić information content (AvgIpc) is 2.24. The molecule has 1 aromatic carbocycles. The predicted octanol–water partition coefficient (Wildman–Crippen LogP) is 2.04. The van der Waals surface area contributed by atoms with Crippen LogP contribution in [0.15, 0.2) is 24.3 Å². The van der Waals surface area contributed by atoms with E-state index in [0.29, 0.717) is 10.6 Å². The van der Waals surface area contributed by atoms with Crippen LogP contribution in [-0.2, 0) is 14.3 Å². The van der Waals surface area contributed by atoms with Gasteiger partial charge in [-0.05, 0) is 6.07 Å². The molecule has 1 rings (SSSR count). The van der Waals surface area contributed by atoms with Crippen LogP contribution in [0.25, 0.3) is 0 Å². The Bertz CT molecular complexity index is 422. The van der Waals surface area contributed by atoms with Crippen LogP contribution in [0.5, 0.6) is 0 Å². The number of hydrogen-bond acceptors (Lipinski definition) is 4. The van der Waals surface area contributed by atoms with Crippen molar-refractivity contribution in [2.24, 2.45) is 5.73 Å². The molecule has 17 heavy (non-hydrogen) atoms. The fraction of sp³-hybridized carbons (Fsp3) is 0.273. The summed E-state index contributed by atoms with van der Waals surface area (Å²) in [5.41, 5.74) is 5.48. The second-order valence-corrected chi connectivity index (χ2v) is 3.66. The number of carbonyl (C=O) groups excluding carboxylic acids is 2. The Labute approximate surface area is 103 Å². The number of carbonyl (C=O) groups is 2. The van der Waals surface area contributed by atoms with E-state index in [0.717, 1.165) is 0 Å². The average molecular weight is 258 g/mol. The fourth-order valence-corrected chi connectivity index (χ4v) is 1.51. The number of ether oxygens (including phenoxy) is 2. The Balaban J connectivity index is 2.85. The smallest absolute Gasteiger partial charge is 0.405 e. The Kier molecular flexibility index (Phi) is 4.78. The first-order valence-electron chi connectivity index (χ1n) is 4.84. The standard InChI is InChI=1S/C11H12ClNO4/c1-7(14)16-6-10(17-11(13)15)8-4-2-3-5-9(8)12/h2-5,10H,6H2,1H3,(H2,13,15)/t10-/m0/s1. The summed E-state index contributed by atoms with van der Waals surface area (Å²) in [7, 11) is 0. The monoisotopic (exact) mass is 257 g/mol. The third kappa shape index (κ3) is 4.32. The number of primary amides is 1. The van der Waals surface area contributed by atoms with E-state index in [-0.39, 0.29) is 6.61 Å². The van der Waals surface area contributed by atoms with Crippen LogP contribution in [0, 0.1) is 0 Å². The molecule has 2 N–H and O–H groups in total. The highest BCUT2D eigenvalue weighted by Crippen LogP contribution is 2.25. The number of rotatable bonds is 4. The minimum Gasteiger partial charge on any atom is -0.462 e. The Morgan fingerprint density at radius 1 is 1.41 bits per heavy atom. The molecule has 1 aromatic rings. The third-order valence-corrected chi connectivity index (χ3v) is 2.29. The molecule has 6 heteroatoms. The summed E-state index contributed by atoms with van der Waals surface area (Å²) >= 11 is 5.95. The first kappa shape index (κ1) is 13.3. The highest BCUT2D eigenvalue weighted by molar-refractivity contribution is 6.31. The van der Waals surface area contributed by atoms with Crippen molar-refractivity contribution in [2.75, 3.05) is 6.61 Å². The van der Waals surface area contributed by atoms with E-state index in [1.165, 1.54) is 6.92 Å². The molecular weight excluding hydrogens is 246 g/mol. The van der Waals surface area contributed by atoms with E-state index < -0.39 is 18.2 Å². The van der Waals surface area contributed by atoms with Crippen molar-refractivity contribution in [2.45, 2.75) is 13.0 Å². The minimum absolute atomic E-state index is 0.123. The van der Waals surface area contributed by atoms with E-state index in [1.807, 2.05) is 0 Å². The van der Waals surface area contributed by atoms with E-state index >= 15 is 0 Å². The van der Waals surface area contributed by atoms with Crippen LogP contribution < -0.4 is 5.73 Å². The maximum atomic E-state index is 10.8. The quantitative estimate of drug-likeness (QED) is 0.837. The lowest BCUT2D eigenvalue weighted by Gasteiger charge is -2.17. The summed E-state index contributed by atoms with van der Waals surface area (Å²) in [6, 6.07) is 6.77. The maximum Gasteiger partial charge on any atom is 0.405 e. The highest BCUT2D eigenvalue weighted by atomic mass is 35.5. The zero-order valence-corrected chi connectivity index (χ0v) is 9.94. The second kappa shape index (κ2) is 6.10. The van der Waals surface area contributed by atoms with Gasteiger partial charge in [-0.2, -0.15) is 0 Å². The van der Waals surface area contributed by atoms with Gasteiger partial charge in [-0.25, -0.2) is 4.79 Å². The number of nitrogens with two attached hydrogens (primary N) is 1. The summed E-state index contributed by atoms with van der Waals surface area (Å²) in [5.74, 6) is -0.477. The van der Waals surface area contributed by atoms with Gasteiger partial charge < -0.3 is 15.2 Å². The van der Waals surface area contributed by atoms with Crippen molar-refractivity contribution in [1.82, 2.24) is 0 Å². The molecule has 0 radical (unpaired) electrons. The predicted molar refractivity (Wildman–Crippen MR) is 61.5 cm³/mol. The summed E-state index contributed by atoms with van der Waals surface area (Å²) < 4.78 is 9.63. The minimum atomic E-state index is -0.956. The number of esters is 1. The summed E-state index contributed by atoms with van der Waals surface area (Å²) in [6.07, 6.45) is -1.76. The van der Waals surface area contributed by atoms with Crippen molar-refractivity contribution in [1.29, 1.82) is 0 Å². The molecule has 92 valence electrons. The van der Waals surface area contributed by atoms with Crippen LogP contribution in [0.1, 0.15) is 18.6 Å². The Hall–Kier alpha value is -1.75. The van der Waals surface area contributed by atoms with Gasteiger partial charge in [-0.3, -0.25) is 4.79 Å². The number of benzene rings is 1. The topological polar surface area (TPSA) is 78.6 Å². The van der Waals surface area contributed by atoms with E-state index in [2.05, 4.69) is 0 Å². The molecule has 0 spiro atoms. The lowest BCUT2D eigenvalue weighted by atomic mass is 10.1. The van der Waals surface area contributed by atoms with Gasteiger partial charge in [0.1, 0.15) is 6.61 Å². The largest absolute Gasteiger partial charge is 0.462 e. The lowest BCUT2D eigenvalue weighted by molar-refractivity contribution is -0.144. The summed E-state index contributed by atoms with van der Waals surface area (Å²) in [4.78, 5) is 21.5. The molecule has 0 aliphatic heterocycles. The Morgan fingerprint density at radius 3 is 2.59 bits per heavy atom. The van der Waals surface area contributed by atoms with Crippen molar-refractivity contribution in [3.63, 3.8) is 0 Å². The van der Waals surface area contributed by atoms with Crippen molar-refractivity contribution >= 4 is 23.7 Å². The molecule has 0 aliphatic carbocycles. The van der Waals surface area contributed by atoms with Crippen LogP contribution >= 0.6 is 11.6 Å². The molecule has 1 amide bonds. The van der Waals surface area contributed by atoms with E-state index in [1.54, 1.807) is 24.3 Å². The van der Waals surface area contributed by atoms with Gasteiger partial charge in [0.15, 0.2) is 6.10 Å². The van der Waals surface area contributed by atoms with Crippen molar-refractivity contribution in [3.8, 4) is 0 Å². The number of hydrogen-bond donors (Lipinski definition) is 1. The number of amides is 1. The molecule has 5 nitrogen and oxygen atoms in total. The second-order valence-electron chi connectivity index (χ2n) is 3.25. The molecule has 0 aliphatic rings. The maximum absolute atomic E-state index is 10.8. The zero-order chi connectivity index (χ0) is 12.8. The molecular formula is C11H12ClNO4. The zero-order valence-electron chi connectivity index (χ0n) is 9.18. The first-order chi connectivity index (χ1) is 8.00. The van der Waals surface area contributed by atoms with Gasteiger partial charge in [0, 0.05) is 17.5 Å². The normalized spacial score (nSPS) is 11.6. The van der Waals surface area contributed by atoms with Gasteiger partial charge >= 0.3 is 12.1 Å². The van der Waals surface area contributed by atoms with Crippen LogP contribution in [0.3, 0.4) is 0 Å². The molecule has 1 atom stereocenters. The molecule has 0 aromatic heterocycles. The Morgan fingerprint density at radius 2 is 2.06 bits per heavy atom. The third-order valence-electron chi connectivity index (χ3n) is 1.95. The van der Waals surface area contributed by atoms with Gasteiger partial charge in [0.25, 0.3) is 0 Å². The molecule has 0 fully saturated rings. The molecule has 0 saturated carbocycles. The van der Waals surface area contributed by atoms with Crippen LogP contribution in [0.2, 0.25) is 5.02 Å². The summed E-state index contributed by atoms with van der Waals surface area (Å²) in [5, 5.41) is 0.408. The molecule has 0 unspecified atom stereocenters. The molecule has 0 bridgehead atoms. The van der Waals surface area contributed by atoms with Gasteiger partial charge in [0.2, 0.25) is 0 Å². The van der Waals surface area contributed by atoms with Crippen LogP contribution in [0.4, 0.5) is 4.79 Å².